The maximum atomic E-state index is 12.0. The Morgan fingerprint density at radius 3 is 2.71 bits per heavy atom. The summed E-state index contributed by atoms with van der Waals surface area (Å²) in [7, 11) is 1.34. The van der Waals surface area contributed by atoms with E-state index in [1.54, 1.807) is 24.0 Å². The first-order valence-electron chi connectivity index (χ1n) is 5.50. The molecule has 0 saturated carbocycles. The van der Waals surface area contributed by atoms with Crippen molar-refractivity contribution in [1.82, 2.24) is 4.90 Å². The maximum absolute atomic E-state index is 12.0. The van der Waals surface area contributed by atoms with E-state index in [1.165, 1.54) is 13.4 Å². The molecule has 17 heavy (non-hydrogen) atoms. The van der Waals surface area contributed by atoms with Crippen molar-refractivity contribution in [2.45, 2.75) is 13.8 Å². The van der Waals surface area contributed by atoms with E-state index in [-0.39, 0.29) is 23.6 Å². The van der Waals surface area contributed by atoms with E-state index >= 15 is 0 Å². The zero-order valence-electron chi connectivity index (χ0n) is 10.3. The first kappa shape index (κ1) is 13.3. The van der Waals surface area contributed by atoms with Gasteiger partial charge in [-0.1, -0.05) is 6.92 Å². The SMILES string of the molecule is CCN(CC(C)C(=O)OC)C(=O)c1ccco1. The number of carbonyl (C=O) groups is 2. The molecular formula is C12H17NO4. The zero-order chi connectivity index (χ0) is 12.8. The monoisotopic (exact) mass is 239 g/mol. The third-order valence-electron chi connectivity index (χ3n) is 2.50. The molecular weight excluding hydrogens is 222 g/mol. The van der Waals surface area contributed by atoms with Crippen molar-refractivity contribution >= 4 is 11.9 Å². The number of hydrogen-bond donors (Lipinski definition) is 0. The van der Waals surface area contributed by atoms with Gasteiger partial charge in [0.15, 0.2) is 5.76 Å². The van der Waals surface area contributed by atoms with Gasteiger partial charge in [0.25, 0.3) is 5.91 Å². The van der Waals surface area contributed by atoms with Crippen molar-refractivity contribution in [3.05, 3.63) is 24.2 Å². The van der Waals surface area contributed by atoms with E-state index in [0.29, 0.717) is 13.1 Å². The van der Waals surface area contributed by atoms with E-state index in [4.69, 9.17) is 4.42 Å². The molecule has 0 aliphatic heterocycles. The molecule has 0 aliphatic carbocycles. The number of rotatable bonds is 5. The third kappa shape index (κ3) is 3.34. The normalized spacial score (nSPS) is 11.9. The first-order chi connectivity index (χ1) is 8.10. The molecule has 1 aromatic heterocycles. The minimum Gasteiger partial charge on any atom is -0.469 e. The summed E-state index contributed by atoms with van der Waals surface area (Å²) in [4.78, 5) is 24.8. The smallest absolute Gasteiger partial charge is 0.310 e. The Morgan fingerprint density at radius 1 is 1.53 bits per heavy atom. The van der Waals surface area contributed by atoms with Gasteiger partial charge >= 0.3 is 5.97 Å². The summed E-state index contributed by atoms with van der Waals surface area (Å²) in [6.07, 6.45) is 1.45. The van der Waals surface area contributed by atoms with Gasteiger partial charge in [-0.15, -0.1) is 0 Å². The van der Waals surface area contributed by atoms with Crippen molar-refractivity contribution in [3.63, 3.8) is 0 Å². The first-order valence-corrected chi connectivity index (χ1v) is 5.50. The van der Waals surface area contributed by atoms with Crippen LogP contribution in [0.5, 0.6) is 0 Å². The molecule has 5 heteroatoms. The summed E-state index contributed by atoms with van der Waals surface area (Å²) < 4.78 is 9.67. The number of nitrogens with zero attached hydrogens (tertiary/aromatic N) is 1. The van der Waals surface area contributed by atoms with Gasteiger partial charge in [-0.25, -0.2) is 0 Å². The summed E-state index contributed by atoms with van der Waals surface area (Å²) in [5.74, 6) is -0.605. The molecule has 0 fully saturated rings. The minimum atomic E-state index is -0.348. The minimum absolute atomic E-state index is 0.215. The molecule has 1 rings (SSSR count). The Labute approximate surface area is 100 Å². The van der Waals surface area contributed by atoms with Crippen LogP contribution in [-0.2, 0) is 9.53 Å². The van der Waals surface area contributed by atoms with Gasteiger partial charge in [-0.2, -0.15) is 0 Å². The summed E-state index contributed by atoms with van der Waals surface area (Å²) in [5.41, 5.74) is 0. The second-order valence-electron chi connectivity index (χ2n) is 3.75. The second-order valence-corrected chi connectivity index (χ2v) is 3.75. The maximum Gasteiger partial charge on any atom is 0.310 e. The van der Waals surface area contributed by atoms with Crippen LogP contribution in [0.25, 0.3) is 0 Å². The van der Waals surface area contributed by atoms with Gasteiger partial charge < -0.3 is 14.1 Å². The van der Waals surface area contributed by atoms with Crippen LogP contribution in [0.2, 0.25) is 0 Å². The van der Waals surface area contributed by atoms with Crippen LogP contribution in [0.4, 0.5) is 0 Å². The highest BCUT2D eigenvalue weighted by Gasteiger charge is 2.22. The molecule has 0 spiro atoms. The lowest BCUT2D eigenvalue weighted by Gasteiger charge is -2.22. The molecule has 1 aromatic rings. The average Bonchev–Trinajstić information content (AvgIpc) is 2.87. The van der Waals surface area contributed by atoms with Crippen LogP contribution >= 0.6 is 0 Å². The fourth-order valence-electron chi connectivity index (χ4n) is 1.52. The molecule has 94 valence electrons. The zero-order valence-corrected chi connectivity index (χ0v) is 10.3. The Bertz CT molecular complexity index is 372. The second kappa shape index (κ2) is 6.08. The molecule has 0 saturated heterocycles. The van der Waals surface area contributed by atoms with Crippen LogP contribution in [0, 0.1) is 5.92 Å². The van der Waals surface area contributed by atoms with Gasteiger partial charge in [-0.05, 0) is 19.1 Å². The van der Waals surface area contributed by atoms with Crippen LogP contribution in [-0.4, -0.2) is 37.0 Å². The van der Waals surface area contributed by atoms with Crippen LogP contribution in [0.1, 0.15) is 24.4 Å². The lowest BCUT2D eigenvalue weighted by molar-refractivity contribution is -0.145. The lowest BCUT2D eigenvalue weighted by Crippen LogP contribution is -2.36. The van der Waals surface area contributed by atoms with E-state index in [1.807, 2.05) is 6.92 Å². The lowest BCUT2D eigenvalue weighted by atomic mass is 10.1. The largest absolute Gasteiger partial charge is 0.469 e. The van der Waals surface area contributed by atoms with Gasteiger partial charge in [0, 0.05) is 13.1 Å². The van der Waals surface area contributed by atoms with Crippen LogP contribution < -0.4 is 0 Å². The molecule has 0 N–H and O–H groups in total. The molecule has 0 aromatic carbocycles. The van der Waals surface area contributed by atoms with E-state index in [2.05, 4.69) is 4.74 Å². The van der Waals surface area contributed by atoms with Gasteiger partial charge in [0.05, 0.1) is 19.3 Å². The van der Waals surface area contributed by atoms with E-state index in [0.717, 1.165) is 0 Å². The van der Waals surface area contributed by atoms with Crippen molar-refractivity contribution in [2.24, 2.45) is 5.92 Å². The van der Waals surface area contributed by atoms with Gasteiger partial charge in [0.2, 0.25) is 0 Å². The van der Waals surface area contributed by atoms with E-state index in [9.17, 15) is 9.59 Å². The Balaban J connectivity index is 2.66. The van der Waals surface area contributed by atoms with E-state index < -0.39 is 0 Å². The highest BCUT2D eigenvalue weighted by Crippen LogP contribution is 2.09. The highest BCUT2D eigenvalue weighted by molar-refractivity contribution is 5.91. The molecule has 0 aliphatic rings. The molecule has 1 amide bonds. The number of methoxy groups -OCH3 is 1. The standard InChI is InChI=1S/C12H17NO4/c1-4-13(8-9(2)12(15)16-3)11(14)10-6-5-7-17-10/h5-7,9H,4,8H2,1-3H3. The molecule has 0 bridgehead atoms. The van der Waals surface area contributed by atoms with Crippen molar-refractivity contribution in [3.8, 4) is 0 Å². The summed E-state index contributed by atoms with van der Waals surface area (Å²) in [5, 5.41) is 0. The number of amides is 1. The van der Waals surface area contributed by atoms with Crippen molar-refractivity contribution in [2.75, 3.05) is 20.2 Å². The van der Waals surface area contributed by atoms with Crippen molar-refractivity contribution < 1.29 is 18.7 Å². The third-order valence-corrected chi connectivity index (χ3v) is 2.50. The molecule has 1 atom stereocenters. The summed E-state index contributed by atoms with van der Waals surface area (Å²) in [6.45, 7) is 4.42. The Kier molecular flexibility index (Phi) is 4.75. The molecule has 1 heterocycles. The van der Waals surface area contributed by atoms with Crippen LogP contribution in [0.3, 0.4) is 0 Å². The van der Waals surface area contributed by atoms with Crippen LogP contribution in [0.15, 0.2) is 22.8 Å². The summed E-state index contributed by atoms with van der Waals surface area (Å²) in [6, 6.07) is 3.26. The Morgan fingerprint density at radius 2 is 2.24 bits per heavy atom. The topological polar surface area (TPSA) is 59.8 Å². The Hall–Kier alpha value is -1.78. The fourth-order valence-corrected chi connectivity index (χ4v) is 1.52. The average molecular weight is 239 g/mol. The number of ether oxygens (including phenoxy) is 1. The number of carbonyl (C=O) groups excluding carboxylic acids is 2. The summed E-state index contributed by atoms with van der Waals surface area (Å²) >= 11 is 0. The molecule has 5 nitrogen and oxygen atoms in total. The fraction of sp³-hybridized carbons (Fsp3) is 0.500. The van der Waals surface area contributed by atoms with Gasteiger partial charge in [-0.3, -0.25) is 9.59 Å². The quantitative estimate of drug-likeness (QED) is 0.731. The number of esters is 1. The predicted octanol–water partition coefficient (Wildman–Crippen LogP) is 1.55. The molecule has 0 radical (unpaired) electrons. The molecule has 1 unspecified atom stereocenters. The van der Waals surface area contributed by atoms with Crippen molar-refractivity contribution in [1.29, 1.82) is 0 Å². The highest BCUT2D eigenvalue weighted by atomic mass is 16.5. The van der Waals surface area contributed by atoms with Gasteiger partial charge in [0.1, 0.15) is 0 Å². The predicted molar refractivity (Wildman–Crippen MR) is 61.5 cm³/mol. The number of furan rings is 1. The number of hydrogen-bond acceptors (Lipinski definition) is 4.